The number of halogens is 2. The van der Waals surface area contributed by atoms with Gasteiger partial charge < -0.3 is 10.1 Å². The van der Waals surface area contributed by atoms with E-state index in [-0.39, 0.29) is 5.56 Å². The van der Waals surface area contributed by atoms with Crippen LogP contribution in [0.25, 0.3) is 0 Å². The number of hydrogen-bond donors (Lipinski definition) is 1. The van der Waals surface area contributed by atoms with Crippen LogP contribution < -0.4 is 10.1 Å². The lowest BCUT2D eigenvalue weighted by Crippen LogP contribution is -2.15. The van der Waals surface area contributed by atoms with Gasteiger partial charge in [-0.15, -0.1) is 0 Å². The van der Waals surface area contributed by atoms with E-state index in [1.54, 1.807) is 18.2 Å². The van der Waals surface area contributed by atoms with E-state index in [4.69, 9.17) is 16.3 Å². The smallest absolute Gasteiger partial charge is 0.260 e. The van der Waals surface area contributed by atoms with Crippen LogP contribution in [0.1, 0.15) is 23.7 Å². The lowest BCUT2D eigenvalue weighted by molar-refractivity contribution is 0.102. The van der Waals surface area contributed by atoms with Crippen LogP contribution in [0.2, 0.25) is 5.02 Å². The highest BCUT2D eigenvalue weighted by atomic mass is 35.5. The first-order valence-corrected chi connectivity index (χ1v) is 6.84. The maximum Gasteiger partial charge on any atom is 0.260 e. The van der Waals surface area contributed by atoms with E-state index in [2.05, 4.69) is 10.3 Å². The molecule has 0 saturated carbocycles. The van der Waals surface area contributed by atoms with Crippen molar-refractivity contribution in [2.75, 3.05) is 11.9 Å². The number of nitrogens with one attached hydrogen (secondary N) is 1. The summed E-state index contributed by atoms with van der Waals surface area (Å²) in [5, 5.41) is 3.03. The molecule has 0 aliphatic heterocycles. The number of rotatable bonds is 5. The number of amides is 1. The second-order valence-corrected chi connectivity index (χ2v) is 4.72. The van der Waals surface area contributed by atoms with Crippen molar-refractivity contribution in [2.45, 2.75) is 13.3 Å². The van der Waals surface area contributed by atoms with Crippen LogP contribution in [-0.4, -0.2) is 17.5 Å². The molecule has 4 nitrogen and oxygen atoms in total. The van der Waals surface area contributed by atoms with E-state index in [1.165, 1.54) is 18.3 Å². The van der Waals surface area contributed by atoms with Crippen molar-refractivity contribution in [1.82, 2.24) is 4.98 Å². The molecule has 2 aromatic rings. The van der Waals surface area contributed by atoms with Gasteiger partial charge in [-0.2, -0.15) is 4.39 Å². The molecule has 2 rings (SSSR count). The van der Waals surface area contributed by atoms with Crippen molar-refractivity contribution in [2.24, 2.45) is 0 Å². The van der Waals surface area contributed by atoms with Crippen molar-refractivity contribution in [3.8, 4) is 5.75 Å². The third-order valence-corrected chi connectivity index (χ3v) is 2.89. The normalized spacial score (nSPS) is 10.2. The molecule has 110 valence electrons. The van der Waals surface area contributed by atoms with Gasteiger partial charge in [0.05, 0.1) is 17.9 Å². The minimum Gasteiger partial charge on any atom is -0.491 e. The van der Waals surface area contributed by atoms with Crippen molar-refractivity contribution < 1.29 is 13.9 Å². The Balaban J connectivity index is 2.24. The van der Waals surface area contributed by atoms with Gasteiger partial charge in [0.15, 0.2) is 0 Å². The highest BCUT2D eigenvalue weighted by Gasteiger charge is 2.14. The first kappa shape index (κ1) is 15.3. The van der Waals surface area contributed by atoms with E-state index >= 15 is 0 Å². The van der Waals surface area contributed by atoms with E-state index in [0.29, 0.717) is 23.1 Å². The van der Waals surface area contributed by atoms with E-state index in [1.807, 2.05) is 6.92 Å². The van der Waals surface area contributed by atoms with Crippen LogP contribution >= 0.6 is 11.6 Å². The molecule has 0 aliphatic carbocycles. The summed E-state index contributed by atoms with van der Waals surface area (Å²) in [6.45, 7) is 2.48. The molecule has 1 aromatic carbocycles. The number of benzene rings is 1. The van der Waals surface area contributed by atoms with Crippen molar-refractivity contribution in [3.05, 3.63) is 53.1 Å². The predicted molar refractivity (Wildman–Crippen MR) is 79.4 cm³/mol. The maximum atomic E-state index is 13.5. The minimum absolute atomic E-state index is 0.140. The monoisotopic (exact) mass is 308 g/mol. The largest absolute Gasteiger partial charge is 0.491 e. The average Bonchev–Trinajstić information content (AvgIpc) is 2.47. The topological polar surface area (TPSA) is 51.2 Å². The number of carbonyl (C=O) groups excluding carboxylic acids is 1. The number of carbonyl (C=O) groups is 1. The standard InChI is InChI=1S/C15H14ClFN2O2/c1-2-8-21-13-6-5-10(16)9-12(13)19-15(20)11-4-3-7-18-14(11)17/h3-7,9H,2,8H2,1H3,(H,19,20). The van der Waals surface area contributed by atoms with E-state index < -0.39 is 11.9 Å². The average molecular weight is 309 g/mol. The Bertz CT molecular complexity index is 649. The molecular weight excluding hydrogens is 295 g/mol. The number of nitrogens with zero attached hydrogens (tertiary/aromatic N) is 1. The van der Waals surface area contributed by atoms with Gasteiger partial charge in [-0.3, -0.25) is 4.79 Å². The fourth-order valence-electron chi connectivity index (χ4n) is 1.68. The molecule has 0 radical (unpaired) electrons. The molecule has 0 spiro atoms. The van der Waals surface area contributed by atoms with E-state index in [0.717, 1.165) is 6.42 Å². The number of aromatic nitrogens is 1. The zero-order valence-electron chi connectivity index (χ0n) is 11.4. The first-order chi connectivity index (χ1) is 10.1. The third kappa shape index (κ3) is 3.92. The zero-order valence-corrected chi connectivity index (χ0v) is 12.2. The Morgan fingerprint density at radius 3 is 2.95 bits per heavy atom. The van der Waals surface area contributed by atoms with Gasteiger partial charge >= 0.3 is 0 Å². The number of ether oxygens (including phenoxy) is 1. The van der Waals surface area contributed by atoms with Crippen LogP contribution in [0.15, 0.2) is 36.5 Å². The Kier molecular flexibility index (Phi) is 5.11. The SMILES string of the molecule is CCCOc1ccc(Cl)cc1NC(=O)c1cccnc1F. The zero-order chi connectivity index (χ0) is 15.2. The molecule has 1 amide bonds. The summed E-state index contributed by atoms with van der Waals surface area (Å²) in [4.78, 5) is 15.5. The molecule has 0 saturated heterocycles. The number of hydrogen-bond acceptors (Lipinski definition) is 3. The second-order valence-electron chi connectivity index (χ2n) is 4.28. The summed E-state index contributed by atoms with van der Waals surface area (Å²) in [7, 11) is 0. The van der Waals surface area contributed by atoms with Gasteiger partial charge in [-0.25, -0.2) is 4.98 Å². The minimum atomic E-state index is -0.826. The van der Waals surface area contributed by atoms with Gasteiger partial charge in [0, 0.05) is 11.2 Å². The molecular formula is C15H14ClFN2O2. The molecule has 1 heterocycles. The lowest BCUT2D eigenvalue weighted by Gasteiger charge is -2.12. The molecule has 6 heteroatoms. The highest BCUT2D eigenvalue weighted by molar-refractivity contribution is 6.31. The molecule has 1 N–H and O–H groups in total. The van der Waals surface area contributed by atoms with Crippen LogP contribution in [0.5, 0.6) is 5.75 Å². The summed E-state index contributed by atoms with van der Waals surface area (Å²) < 4.78 is 19.0. The Labute approximate surface area is 126 Å². The highest BCUT2D eigenvalue weighted by Crippen LogP contribution is 2.28. The van der Waals surface area contributed by atoms with Gasteiger partial charge in [0.1, 0.15) is 5.75 Å². The fourth-order valence-corrected chi connectivity index (χ4v) is 1.85. The fraction of sp³-hybridized carbons (Fsp3) is 0.200. The van der Waals surface area contributed by atoms with Crippen molar-refractivity contribution >= 4 is 23.2 Å². The first-order valence-electron chi connectivity index (χ1n) is 6.46. The molecule has 1 aromatic heterocycles. The molecule has 21 heavy (non-hydrogen) atoms. The van der Waals surface area contributed by atoms with Crippen LogP contribution in [0.4, 0.5) is 10.1 Å². The van der Waals surface area contributed by atoms with Crippen LogP contribution in [-0.2, 0) is 0 Å². The van der Waals surface area contributed by atoms with Gasteiger partial charge in [0.2, 0.25) is 5.95 Å². The summed E-state index contributed by atoms with van der Waals surface area (Å²) in [5.41, 5.74) is 0.253. The summed E-state index contributed by atoms with van der Waals surface area (Å²) >= 11 is 5.92. The molecule has 0 atom stereocenters. The third-order valence-electron chi connectivity index (χ3n) is 2.66. The van der Waals surface area contributed by atoms with Gasteiger partial charge in [-0.05, 0) is 36.8 Å². The molecule has 0 aliphatic rings. The summed E-state index contributed by atoms with van der Waals surface area (Å²) in [5.74, 6) is -0.948. The Morgan fingerprint density at radius 1 is 1.43 bits per heavy atom. The van der Waals surface area contributed by atoms with Crippen molar-refractivity contribution in [3.63, 3.8) is 0 Å². The van der Waals surface area contributed by atoms with E-state index in [9.17, 15) is 9.18 Å². The molecule has 0 bridgehead atoms. The number of pyridine rings is 1. The predicted octanol–water partition coefficient (Wildman–Crippen LogP) is 3.92. The van der Waals surface area contributed by atoms with Crippen LogP contribution in [0, 0.1) is 5.95 Å². The quantitative estimate of drug-likeness (QED) is 0.852. The van der Waals surface area contributed by atoms with Crippen LogP contribution in [0.3, 0.4) is 0 Å². The van der Waals surface area contributed by atoms with Crippen molar-refractivity contribution in [1.29, 1.82) is 0 Å². The Hall–Kier alpha value is -2.14. The molecule has 0 fully saturated rings. The number of anilines is 1. The maximum absolute atomic E-state index is 13.5. The van der Waals surface area contributed by atoms with Gasteiger partial charge in [0.25, 0.3) is 5.91 Å². The molecule has 0 unspecified atom stereocenters. The van der Waals surface area contributed by atoms with Gasteiger partial charge in [-0.1, -0.05) is 18.5 Å². The Morgan fingerprint density at radius 2 is 2.24 bits per heavy atom. The lowest BCUT2D eigenvalue weighted by atomic mass is 10.2. The second kappa shape index (κ2) is 7.04. The summed E-state index contributed by atoms with van der Waals surface area (Å²) in [6, 6.07) is 7.72. The summed E-state index contributed by atoms with van der Waals surface area (Å²) in [6.07, 6.45) is 2.11.